The number of halogens is 4. The van der Waals surface area contributed by atoms with Gasteiger partial charge in [0.25, 0.3) is 0 Å². The molecule has 0 unspecified atom stereocenters. The van der Waals surface area contributed by atoms with E-state index in [9.17, 15) is 4.39 Å². The second kappa shape index (κ2) is 13.2. The molecule has 7 nitrogen and oxygen atoms in total. The normalized spacial score (nSPS) is 20.2. The van der Waals surface area contributed by atoms with Crippen LogP contribution in [-0.4, -0.2) is 68.5 Å². The Morgan fingerprint density at radius 3 is 2.39 bits per heavy atom. The number of hydrogen-bond acceptors (Lipinski definition) is 8. The van der Waals surface area contributed by atoms with Crippen LogP contribution in [0.2, 0.25) is 5.02 Å². The zero-order chi connectivity index (χ0) is 31.6. The van der Waals surface area contributed by atoms with Gasteiger partial charge in [0.1, 0.15) is 33.1 Å². The summed E-state index contributed by atoms with van der Waals surface area (Å²) in [5.74, 6) is -1.11. The first kappa shape index (κ1) is 32.5. The topological polar surface area (TPSA) is 50.3 Å². The summed E-state index contributed by atoms with van der Waals surface area (Å²) in [6.45, 7) is 7.43. The van der Waals surface area contributed by atoms with E-state index in [1.165, 1.54) is 29.6 Å². The van der Waals surface area contributed by atoms with Gasteiger partial charge >= 0.3 is 0 Å². The highest BCUT2D eigenvalue weighted by Gasteiger charge is 2.43. The molecule has 0 amide bonds. The maximum absolute atomic E-state index is 16.0. The van der Waals surface area contributed by atoms with Gasteiger partial charge in [-0.25, -0.2) is 13.8 Å². The molecule has 2 aromatic carbocycles. The Hall–Kier alpha value is -2.86. The van der Waals surface area contributed by atoms with Crippen LogP contribution < -0.4 is 18.7 Å². The minimum Gasteiger partial charge on any atom is -0.497 e. The average molecular weight is 651 g/mol. The molecule has 1 aromatic heterocycles. The van der Waals surface area contributed by atoms with E-state index in [1.807, 2.05) is 4.90 Å². The van der Waals surface area contributed by atoms with E-state index in [2.05, 4.69) is 23.7 Å². The quantitative estimate of drug-likeness (QED) is 0.128. The molecule has 3 aromatic rings. The molecular weight excluding hydrogens is 613 g/mol. The molecule has 0 aliphatic carbocycles. The summed E-state index contributed by atoms with van der Waals surface area (Å²) >= 11 is 7.39. The van der Waals surface area contributed by atoms with E-state index < -0.39 is 17.6 Å². The summed E-state index contributed by atoms with van der Waals surface area (Å²) < 4.78 is 64.0. The van der Waals surface area contributed by atoms with E-state index in [1.54, 1.807) is 38.5 Å². The molecule has 2 aliphatic heterocycles. The third-order valence-electron chi connectivity index (χ3n) is 8.93. The van der Waals surface area contributed by atoms with Crippen molar-refractivity contribution in [1.82, 2.24) is 9.88 Å². The Labute approximate surface area is 266 Å². The number of methoxy groups -OCH3 is 3. The molecule has 2 saturated heterocycles. The molecule has 3 heterocycles. The second-order valence-corrected chi connectivity index (χ2v) is 13.2. The molecule has 2 aliphatic rings. The first-order valence-corrected chi connectivity index (χ1v) is 15.7. The maximum atomic E-state index is 16.0. The highest BCUT2D eigenvalue weighted by Crippen LogP contribution is 2.43. The van der Waals surface area contributed by atoms with Crippen LogP contribution in [0.1, 0.15) is 38.7 Å². The monoisotopic (exact) mass is 650 g/mol. The maximum Gasteiger partial charge on any atom is 0.214 e. The number of likely N-dealkylation sites (tertiary alicyclic amines) is 1. The van der Waals surface area contributed by atoms with Crippen molar-refractivity contribution >= 4 is 35.1 Å². The third kappa shape index (κ3) is 6.71. The van der Waals surface area contributed by atoms with Gasteiger partial charge in [0, 0.05) is 56.5 Å². The Morgan fingerprint density at radius 1 is 0.977 bits per heavy atom. The third-order valence-corrected chi connectivity index (χ3v) is 10.4. The van der Waals surface area contributed by atoms with E-state index in [0.717, 1.165) is 44.3 Å². The van der Waals surface area contributed by atoms with E-state index in [0.29, 0.717) is 35.8 Å². The van der Waals surface area contributed by atoms with Crippen LogP contribution in [0.15, 0.2) is 47.4 Å². The van der Waals surface area contributed by atoms with Gasteiger partial charge in [-0.3, -0.25) is 9.21 Å². The molecule has 0 spiro atoms. The van der Waals surface area contributed by atoms with Crippen molar-refractivity contribution in [3.05, 3.63) is 70.6 Å². The molecule has 12 heteroatoms. The van der Waals surface area contributed by atoms with Crippen LogP contribution in [0.5, 0.6) is 11.5 Å². The van der Waals surface area contributed by atoms with Gasteiger partial charge in [-0.1, -0.05) is 17.7 Å². The molecule has 238 valence electrons. The van der Waals surface area contributed by atoms with Crippen molar-refractivity contribution in [1.29, 1.82) is 0 Å². The van der Waals surface area contributed by atoms with E-state index in [4.69, 9.17) is 25.8 Å². The lowest BCUT2D eigenvalue weighted by Gasteiger charge is -2.46. The zero-order valence-corrected chi connectivity index (χ0v) is 27.2. The van der Waals surface area contributed by atoms with Gasteiger partial charge in [0.05, 0.1) is 32.1 Å². The van der Waals surface area contributed by atoms with Gasteiger partial charge in [-0.05, 0) is 69.3 Å². The fourth-order valence-corrected chi connectivity index (χ4v) is 7.23. The molecule has 0 radical (unpaired) electrons. The van der Waals surface area contributed by atoms with Crippen molar-refractivity contribution in [3.63, 3.8) is 0 Å². The molecule has 44 heavy (non-hydrogen) atoms. The van der Waals surface area contributed by atoms with Crippen LogP contribution >= 0.6 is 23.5 Å². The number of anilines is 2. The molecule has 2 fully saturated rings. The van der Waals surface area contributed by atoms with Gasteiger partial charge in [-0.2, -0.15) is 4.39 Å². The minimum absolute atomic E-state index is 0.0922. The zero-order valence-electron chi connectivity index (χ0n) is 25.6. The number of ether oxygens (including phenoxy) is 3. The second-order valence-electron chi connectivity index (χ2n) is 11.8. The van der Waals surface area contributed by atoms with E-state index >= 15 is 8.78 Å². The summed E-state index contributed by atoms with van der Waals surface area (Å²) in [4.78, 5) is 8.07. The highest BCUT2D eigenvalue weighted by molar-refractivity contribution is 8.00. The molecule has 1 atom stereocenters. The number of rotatable bonds is 10. The first-order valence-electron chi connectivity index (χ1n) is 14.5. The molecule has 0 bridgehead atoms. The fourth-order valence-electron chi connectivity index (χ4n) is 5.96. The molecule has 0 saturated carbocycles. The standard InChI is InChI=1S/C32H38ClF3N4O3S/c1-31(39-15-12-32(2,43-5)13-16-39)11-14-38(20-31)24-18-23(34)30(29(36)28(24)33)44-40(27-8-6-7-26(35)37-27)19-21-9-10-22(41-3)17-25(21)42-4/h6-10,17-18H,11-16,19-20H2,1-5H3/t31-/m0/s1. The van der Waals surface area contributed by atoms with E-state index in [-0.39, 0.29) is 33.4 Å². The number of benzene rings is 2. The summed E-state index contributed by atoms with van der Waals surface area (Å²) in [5.41, 5.74) is 0.716. The summed E-state index contributed by atoms with van der Waals surface area (Å²) in [6, 6.07) is 10.8. The minimum atomic E-state index is -0.878. The molecular formula is C32H38ClF3N4O3S. The van der Waals surface area contributed by atoms with Crippen molar-refractivity contribution in [2.75, 3.05) is 56.7 Å². The smallest absolute Gasteiger partial charge is 0.214 e. The van der Waals surface area contributed by atoms with Crippen LogP contribution in [0.25, 0.3) is 0 Å². The number of aromatic nitrogens is 1. The first-order chi connectivity index (χ1) is 21.0. The summed E-state index contributed by atoms with van der Waals surface area (Å²) in [7, 11) is 4.81. The number of nitrogens with zero attached hydrogens (tertiary/aromatic N) is 4. The van der Waals surface area contributed by atoms with Crippen LogP contribution in [0.3, 0.4) is 0 Å². The van der Waals surface area contributed by atoms with Crippen molar-refractivity contribution in [3.8, 4) is 11.5 Å². The lowest BCUT2D eigenvalue weighted by molar-refractivity contribution is -0.0604. The fraction of sp³-hybridized carbons (Fsp3) is 0.469. The van der Waals surface area contributed by atoms with Crippen LogP contribution in [0.4, 0.5) is 24.7 Å². The Kier molecular flexibility index (Phi) is 9.79. The van der Waals surface area contributed by atoms with Gasteiger partial charge in [-0.15, -0.1) is 0 Å². The van der Waals surface area contributed by atoms with Gasteiger partial charge < -0.3 is 19.1 Å². The number of pyridine rings is 1. The SMILES string of the molecule is COc1ccc(CN(Sc2c(F)cc(N3CC[C@](C)(N4CCC(C)(OC)CC4)C3)c(Cl)c2F)c2cccc(F)n2)c(OC)c1. The Morgan fingerprint density at radius 2 is 1.73 bits per heavy atom. The lowest BCUT2D eigenvalue weighted by atomic mass is 9.88. The van der Waals surface area contributed by atoms with Crippen LogP contribution in [-0.2, 0) is 11.3 Å². The van der Waals surface area contributed by atoms with Crippen molar-refractivity contribution in [2.45, 2.75) is 55.7 Å². The van der Waals surface area contributed by atoms with Crippen molar-refractivity contribution < 1.29 is 27.4 Å². The Bertz CT molecular complexity index is 1490. The molecule has 0 N–H and O–H groups in total. The lowest BCUT2D eigenvalue weighted by Crippen LogP contribution is -2.54. The summed E-state index contributed by atoms with van der Waals surface area (Å²) in [6.07, 6.45) is 2.69. The predicted molar refractivity (Wildman–Crippen MR) is 169 cm³/mol. The average Bonchev–Trinajstić information content (AvgIpc) is 3.43. The molecule has 5 rings (SSSR count). The van der Waals surface area contributed by atoms with Gasteiger partial charge in [0.2, 0.25) is 5.95 Å². The number of piperidine rings is 1. The number of hydrogen-bond donors (Lipinski definition) is 0. The predicted octanol–water partition coefficient (Wildman–Crippen LogP) is 7.35. The van der Waals surface area contributed by atoms with Gasteiger partial charge in [0.15, 0.2) is 5.82 Å². The highest BCUT2D eigenvalue weighted by atomic mass is 35.5. The Balaban J connectivity index is 1.40. The summed E-state index contributed by atoms with van der Waals surface area (Å²) in [5, 5.41) is -0.155. The van der Waals surface area contributed by atoms with Crippen LogP contribution in [0, 0.1) is 17.6 Å². The largest absolute Gasteiger partial charge is 0.497 e. The van der Waals surface area contributed by atoms with Crippen molar-refractivity contribution in [2.24, 2.45) is 0 Å².